The number of halogens is 1. The van der Waals surface area contributed by atoms with E-state index in [1.807, 2.05) is 17.7 Å². The van der Waals surface area contributed by atoms with Gasteiger partial charge in [0, 0.05) is 30.7 Å². The molecule has 21 heavy (non-hydrogen) atoms. The van der Waals surface area contributed by atoms with Crippen molar-refractivity contribution in [3.8, 4) is 0 Å². The monoisotopic (exact) mass is 355 g/mol. The molecule has 1 aromatic heterocycles. The van der Waals surface area contributed by atoms with Crippen molar-refractivity contribution in [2.45, 2.75) is 38.8 Å². The number of rotatable bonds is 4. The standard InChI is InChI=1S/C14H18BrN3O3/c1-3-6-18-8-9(15)7-11(18)13(20)16-10-4-5-12(19)17(2)14(10)21/h7-8,10H,3-6H2,1-2H3,(H,16,20). The van der Waals surface area contributed by atoms with Crippen molar-refractivity contribution in [3.05, 3.63) is 22.4 Å². The van der Waals surface area contributed by atoms with Gasteiger partial charge in [-0.15, -0.1) is 0 Å². The molecule has 114 valence electrons. The van der Waals surface area contributed by atoms with Crippen LogP contribution in [0.25, 0.3) is 0 Å². The lowest BCUT2D eigenvalue weighted by Gasteiger charge is -2.28. The van der Waals surface area contributed by atoms with Gasteiger partial charge >= 0.3 is 0 Å². The average molecular weight is 356 g/mol. The maximum absolute atomic E-state index is 12.3. The summed E-state index contributed by atoms with van der Waals surface area (Å²) in [6.45, 7) is 2.76. The van der Waals surface area contributed by atoms with E-state index in [4.69, 9.17) is 0 Å². The lowest BCUT2D eigenvalue weighted by molar-refractivity contribution is -0.147. The third kappa shape index (κ3) is 3.34. The SMILES string of the molecule is CCCn1cc(Br)cc1C(=O)NC1CCC(=O)N(C)C1=O. The van der Waals surface area contributed by atoms with E-state index >= 15 is 0 Å². The van der Waals surface area contributed by atoms with Gasteiger partial charge < -0.3 is 9.88 Å². The highest BCUT2D eigenvalue weighted by Crippen LogP contribution is 2.17. The first-order valence-corrected chi connectivity index (χ1v) is 7.70. The van der Waals surface area contributed by atoms with Gasteiger partial charge in [0.05, 0.1) is 0 Å². The molecule has 1 unspecified atom stereocenters. The second-order valence-electron chi connectivity index (χ2n) is 5.09. The number of piperidine rings is 1. The molecule has 1 fully saturated rings. The molecule has 3 amide bonds. The summed E-state index contributed by atoms with van der Waals surface area (Å²) in [6, 6.07) is 1.09. The fraction of sp³-hybridized carbons (Fsp3) is 0.500. The minimum Gasteiger partial charge on any atom is -0.342 e. The van der Waals surface area contributed by atoms with Crippen molar-refractivity contribution >= 4 is 33.7 Å². The van der Waals surface area contributed by atoms with Crippen LogP contribution >= 0.6 is 15.9 Å². The number of amides is 3. The minimum absolute atomic E-state index is 0.206. The molecule has 0 bridgehead atoms. The van der Waals surface area contributed by atoms with Crippen LogP contribution in [0.15, 0.2) is 16.7 Å². The van der Waals surface area contributed by atoms with Crippen LogP contribution in [-0.2, 0) is 16.1 Å². The van der Waals surface area contributed by atoms with Gasteiger partial charge in [0.2, 0.25) is 5.91 Å². The number of imide groups is 1. The summed E-state index contributed by atoms with van der Waals surface area (Å²) in [5.74, 6) is -0.856. The van der Waals surface area contributed by atoms with E-state index in [-0.39, 0.29) is 24.1 Å². The molecule has 1 aliphatic heterocycles. The predicted molar refractivity (Wildman–Crippen MR) is 80.7 cm³/mol. The molecule has 2 rings (SSSR count). The van der Waals surface area contributed by atoms with E-state index in [1.54, 1.807) is 6.07 Å². The molecule has 0 aromatic carbocycles. The highest BCUT2D eigenvalue weighted by atomic mass is 79.9. The Bertz CT molecular complexity index is 582. The van der Waals surface area contributed by atoms with Gasteiger partial charge in [0.1, 0.15) is 11.7 Å². The number of nitrogens with zero attached hydrogens (tertiary/aromatic N) is 2. The first-order chi connectivity index (χ1) is 9.93. The Morgan fingerprint density at radius 1 is 1.48 bits per heavy atom. The number of nitrogens with one attached hydrogen (secondary N) is 1. The zero-order chi connectivity index (χ0) is 15.6. The third-order valence-corrected chi connectivity index (χ3v) is 3.95. The van der Waals surface area contributed by atoms with Crippen molar-refractivity contribution in [1.29, 1.82) is 0 Å². The Balaban J connectivity index is 2.11. The van der Waals surface area contributed by atoms with Gasteiger partial charge in [0.15, 0.2) is 0 Å². The van der Waals surface area contributed by atoms with E-state index in [2.05, 4.69) is 21.2 Å². The number of aromatic nitrogens is 1. The Hall–Kier alpha value is -1.63. The van der Waals surface area contributed by atoms with E-state index in [0.717, 1.165) is 22.3 Å². The van der Waals surface area contributed by atoms with Crippen molar-refractivity contribution < 1.29 is 14.4 Å². The molecule has 1 N–H and O–H groups in total. The van der Waals surface area contributed by atoms with Gasteiger partial charge in [0.25, 0.3) is 11.8 Å². The second-order valence-corrected chi connectivity index (χ2v) is 6.01. The smallest absolute Gasteiger partial charge is 0.268 e. The van der Waals surface area contributed by atoms with Crippen LogP contribution in [0.3, 0.4) is 0 Å². The predicted octanol–water partition coefficient (Wildman–Crippen LogP) is 1.54. The lowest BCUT2D eigenvalue weighted by atomic mass is 10.0. The molecule has 0 radical (unpaired) electrons. The molecule has 6 nitrogen and oxygen atoms in total. The van der Waals surface area contributed by atoms with Crippen molar-refractivity contribution in [3.63, 3.8) is 0 Å². The summed E-state index contributed by atoms with van der Waals surface area (Å²) in [5.41, 5.74) is 0.510. The Kier molecular flexibility index (Phi) is 4.82. The summed E-state index contributed by atoms with van der Waals surface area (Å²) in [6.07, 6.45) is 3.37. The first kappa shape index (κ1) is 15.8. The summed E-state index contributed by atoms with van der Waals surface area (Å²) < 4.78 is 2.67. The minimum atomic E-state index is -0.635. The molecule has 1 aliphatic rings. The molecule has 0 aliphatic carbocycles. The molecule has 0 saturated carbocycles. The zero-order valence-electron chi connectivity index (χ0n) is 12.1. The van der Waals surface area contributed by atoms with Crippen LogP contribution in [0, 0.1) is 0 Å². The van der Waals surface area contributed by atoms with Crippen molar-refractivity contribution in [1.82, 2.24) is 14.8 Å². The number of carbonyl (C=O) groups is 3. The van der Waals surface area contributed by atoms with Gasteiger partial charge in [-0.25, -0.2) is 0 Å². The van der Waals surface area contributed by atoms with E-state index in [9.17, 15) is 14.4 Å². The second kappa shape index (κ2) is 6.43. The average Bonchev–Trinajstić information content (AvgIpc) is 2.81. The Labute approximate surface area is 131 Å². The van der Waals surface area contributed by atoms with E-state index in [0.29, 0.717) is 12.1 Å². The highest BCUT2D eigenvalue weighted by Gasteiger charge is 2.33. The van der Waals surface area contributed by atoms with Crippen LogP contribution in [0.2, 0.25) is 0 Å². The number of hydrogen-bond acceptors (Lipinski definition) is 3. The number of carbonyl (C=O) groups excluding carboxylic acids is 3. The van der Waals surface area contributed by atoms with E-state index < -0.39 is 6.04 Å². The number of likely N-dealkylation sites (tertiary alicyclic amines) is 1. The molecule has 7 heteroatoms. The number of aryl methyl sites for hydroxylation is 1. The Morgan fingerprint density at radius 2 is 2.19 bits per heavy atom. The molecule has 1 saturated heterocycles. The number of likely N-dealkylation sites (N-methyl/N-ethyl adjacent to an activating group) is 1. The maximum Gasteiger partial charge on any atom is 0.268 e. The quantitative estimate of drug-likeness (QED) is 0.832. The van der Waals surface area contributed by atoms with Gasteiger partial charge in [-0.2, -0.15) is 0 Å². The topological polar surface area (TPSA) is 71.4 Å². The largest absolute Gasteiger partial charge is 0.342 e. The van der Waals surface area contributed by atoms with Gasteiger partial charge in [-0.05, 0) is 34.8 Å². The van der Waals surface area contributed by atoms with Crippen LogP contribution in [0.1, 0.15) is 36.7 Å². The normalized spacial score (nSPS) is 19.0. The molecule has 2 heterocycles. The van der Waals surface area contributed by atoms with Crippen LogP contribution in [0.4, 0.5) is 0 Å². The summed E-state index contributed by atoms with van der Waals surface area (Å²) in [4.78, 5) is 36.8. The van der Waals surface area contributed by atoms with Gasteiger partial charge in [-0.3, -0.25) is 19.3 Å². The van der Waals surface area contributed by atoms with Crippen LogP contribution in [0.5, 0.6) is 0 Å². The summed E-state index contributed by atoms with van der Waals surface area (Å²) in [7, 11) is 1.44. The zero-order valence-corrected chi connectivity index (χ0v) is 13.6. The molecule has 1 atom stereocenters. The van der Waals surface area contributed by atoms with Crippen molar-refractivity contribution in [2.75, 3.05) is 7.05 Å². The molecular weight excluding hydrogens is 338 g/mol. The fourth-order valence-corrected chi connectivity index (χ4v) is 2.84. The van der Waals surface area contributed by atoms with Gasteiger partial charge in [-0.1, -0.05) is 6.92 Å². The fourth-order valence-electron chi connectivity index (χ4n) is 2.37. The third-order valence-electron chi connectivity index (χ3n) is 3.52. The maximum atomic E-state index is 12.3. The highest BCUT2D eigenvalue weighted by molar-refractivity contribution is 9.10. The number of hydrogen-bond donors (Lipinski definition) is 1. The lowest BCUT2D eigenvalue weighted by Crippen LogP contribution is -2.53. The molecular formula is C14H18BrN3O3. The molecule has 0 spiro atoms. The summed E-state index contributed by atoms with van der Waals surface area (Å²) in [5, 5.41) is 2.72. The van der Waals surface area contributed by atoms with Crippen molar-refractivity contribution in [2.24, 2.45) is 0 Å². The van der Waals surface area contributed by atoms with E-state index in [1.165, 1.54) is 7.05 Å². The van der Waals surface area contributed by atoms with Crippen LogP contribution < -0.4 is 5.32 Å². The Morgan fingerprint density at radius 3 is 2.86 bits per heavy atom. The summed E-state index contributed by atoms with van der Waals surface area (Å²) >= 11 is 3.36. The van der Waals surface area contributed by atoms with Crippen LogP contribution in [-0.4, -0.2) is 40.3 Å². The first-order valence-electron chi connectivity index (χ1n) is 6.91. The molecule has 1 aromatic rings.